The third-order valence-electron chi connectivity index (χ3n) is 6.64. The van der Waals surface area contributed by atoms with Gasteiger partial charge in [0, 0.05) is 31.0 Å². The van der Waals surface area contributed by atoms with Crippen molar-refractivity contribution >= 4 is 11.8 Å². The molecular formula is C29H31N3O5. The lowest BCUT2D eigenvalue weighted by Gasteiger charge is -2.30. The van der Waals surface area contributed by atoms with Crippen LogP contribution in [0.1, 0.15) is 47.2 Å². The summed E-state index contributed by atoms with van der Waals surface area (Å²) in [6, 6.07) is 16.3. The molecule has 0 spiro atoms. The van der Waals surface area contributed by atoms with Gasteiger partial charge >= 0.3 is 0 Å². The summed E-state index contributed by atoms with van der Waals surface area (Å²) in [6.07, 6.45) is 7.85. The van der Waals surface area contributed by atoms with Crippen molar-refractivity contribution in [1.29, 1.82) is 0 Å². The van der Waals surface area contributed by atoms with E-state index in [2.05, 4.69) is 16.4 Å². The Labute approximate surface area is 216 Å². The van der Waals surface area contributed by atoms with E-state index in [-0.39, 0.29) is 18.6 Å². The van der Waals surface area contributed by atoms with Gasteiger partial charge < -0.3 is 24.4 Å². The van der Waals surface area contributed by atoms with Crippen molar-refractivity contribution in [2.75, 3.05) is 19.9 Å². The maximum Gasteiger partial charge on any atom is 0.254 e. The number of nitrogens with one attached hydrogen (secondary N) is 1. The van der Waals surface area contributed by atoms with E-state index in [1.165, 1.54) is 5.56 Å². The molecule has 1 fully saturated rings. The Morgan fingerprint density at radius 1 is 1.05 bits per heavy atom. The van der Waals surface area contributed by atoms with E-state index in [1.807, 2.05) is 36.5 Å². The van der Waals surface area contributed by atoms with Crippen LogP contribution in [0.3, 0.4) is 0 Å². The number of hydrogen-bond donors (Lipinski definition) is 1. The van der Waals surface area contributed by atoms with Crippen LogP contribution in [0.15, 0.2) is 67.0 Å². The predicted molar refractivity (Wildman–Crippen MR) is 138 cm³/mol. The van der Waals surface area contributed by atoms with Gasteiger partial charge in [0.1, 0.15) is 11.8 Å². The van der Waals surface area contributed by atoms with Crippen molar-refractivity contribution in [3.8, 4) is 17.2 Å². The number of benzene rings is 2. The molecule has 3 aromatic rings. The summed E-state index contributed by atoms with van der Waals surface area (Å²) in [6.45, 7) is 1.69. The van der Waals surface area contributed by atoms with Crippen molar-refractivity contribution in [2.24, 2.45) is 0 Å². The molecule has 1 N–H and O–H groups in total. The van der Waals surface area contributed by atoms with Gasteiger partial charge in [-0.3, -0.25) is 14.6 Å². The molecule has 3 heterocycles. The molecule has 2 aromatic carbocycles. The zero-order chi connectivity index (χ0) is 25.5. The standard InChI is InChI=1S/C29H31N3O5/c33-28-25(7-1-2-15-31-28)32(29(34)23-10-13-26-27(17-23)37-20-36-26)19-22-8-11-24(12-9-22)35-16-4-6-21-5-3-14-30-18-21/h3,5,8-14,17-18,25H,1-2,4,6-7,15-16,19-20H2,(H,31,33)/t25-/m0/s1. The van der Waals surface area contributed by atoms with Crippen molar-refractivity contribution in [3.63, 3.8) is 0 Å². The first-order valence-electron chi connectivity index (χ1n) is 12.8. The fraction of sp³-hybridized carbons (Fsp3) is 0.345. The average molecular weight is 502 g/mol. The van der Waals surface area contributed by atoms with Gasteiger partial charge in [-0.2, -0.15) is 0 Å². The van der Waals surface area contributed by atoms with Crippen molar-refractivity contribution < 1.29 is 23.8 Å². The van der Waals surface area contributed by atoms with Gasteiger partial charge in [0.2, 0.25) is 12.7 Å². The van der Waals surface area contributed by atoms with Crippen LogP contribution < -0.4 is 19.5 Å². The quantitative estimate of drug-likeness (QED) is 0.444. The molecule has 0 aliphatic carbocycles. The Bertz CT molecular complexity index is 1220. The lowest BCUT2D eigenvalue weighted by atomic mass is 10.0. The fourth-order valence-electron chi connectivity index (χ4n) is 4.64. The molecule has 192 valence electrons. The second kappa shape index (κ2) is 11.8. The van der Waals surface area contributed by atoms with E-state index in [9.17, 15) is 9.59 Å². The fourth-order valence-corrected chi connectivity index (χ4v) is 4.64. The normalized spacial score (nSPS) is 16.5. The first-order chi connectivity index (χ1) is 18.2. The Kier molecular flexibility index (Phi) is 7.84. The van der Waals surface area contributed by atoms with Crippen LogP contribution in [0.2, 0.25) is 0 Å². The lowest BCUT2D eigenvalue weighted by molar-refractivity contribution is -0.125. The third kappa shape index (κ3) is 6.20. The van der Waals surface area contributed by atoms with Crippen LogP contribution in [-0.4, -0.2) is 47.7 Å². The van der Waals surface area contributed by atoms with E-state index in [0.29, 0.717) is 43.2 Å². The number of aryl methyl sites for hydroxylation is 1. The van der Waals surface area contributed by atoms with Crippen molar-refractivity contribution in [1.82, 2.24) is 15.2 Å². The number of nitrogens with zero attached hydrogens (tertiary/aromatic N) is 2. The monoisotopic (exact) mass is 501 g/mol. The highest BCUT2D eigenvalue weighted by molar-refractivity contribution is 5.98. The van der Waals surface area contributed by atoms with Gasteiger partial charge in [-0.05, 0) is 79.6 Å². The molecule has 0 unspecified atom stereocenters. The van der Waals surface area contributed by atoms with Crippen LogP contribution in [0.4, 0.5) is 0 Å². The summed E-state index contributed by atoms with van der Waals surface area (Å²) in [5, 5.41) is 2.96. The molecule has 0 radical (unpaired) electrons. The summed E-state index contributed by atoms with van der Waals surface area (Å²) in [5.41, 5.74) is 2.58. The number of hydrogen-bond acceptors (Lipinski definition) is 6. The molecule has 2 amide bonds. The zero-order valence-corrected chi connectivity index (χ0v) is 20.7. The Morgan fingerprint density at radius 3 is 2.76 bits per heavy atom. The minimum atomic E-state index is -0.538. The summed E-state index contributed by atoms with van der Waals surface area (Å²) < 4.78 is 16.8. The largest absolute Gasteiger partial charge is 0.494 e. The second-order valence-corrected chi connectivity index (χ2v) is 9.26. The second-order valence-electron chi connectivity index (χ2n) is 9.26. The van der Waals surface area contributed by atoms with Crippen molar-refractivity contribution in [3.05, 3.63) is 83.7 Å². The maximum atomic E-state index is 13.7. The Hall–Kier alpha value is -4.07. The molecule has 8 heteroatoms. The van der Waals surface area contributed by atoms with Gasteiger partial charge in [-0.15, -0.1) is 0 Å². The maximum absolute atomic E-state index is 13.7. The summed E-state index contributed by atoms with van der Waals surface area (Å²) in [7, 11) is 0. The Balaban J connectivity index is 1.26. The Morgan fingerprint density at radius 2 is 1.92 bits per heavy atom. The van der Waals surface area contributed by atoms with Gasteiger partial charge in [-0.25, -0.2) is 0 Å². The van der Waals surface area contributed by atoms with Crippen LogP contribution in [0.5, 0.6) is 17.2 Å². The number of rotatable bonds is 9. The van der Waals surface area contributed by atoms with Gasteiger partial charge in [-0.1, -0.05) is 18.2 Å². The molecule has 1 saturated heterocycles. The zero-order valence-electron chi connectivity index (χ0n) is 20.7. The number of pyridine rings is 1. The highest BCUT2D eigenvalue weighted by Crippen LogP contribution is 2.33. The highest BCUT2D eigenvalue weighted by atomic mass is 16.7. The van der Waals surface area contributed by atoms with Crippen molar-refractivity contribution in [2.45, 2.75) is 44.7 Å². The van der Waals surface area contributed by atoms with E-state index in [1.54, 1.807) is 29.3 Å². The number of amides is 2. The van der Waals surface area contributed by atoms with Gasteiger partial charge in [0.05, 0.1) is 6.61 Å². The topological polar surface area (TPSA) is 90.0 Å². The van der Waals surface area contributed by atoms with Crippen LogP contribution in [0.25, 0.3) is 0 Å². The first kappa shape index (κ1) is 24.6. The molecule has 5 rings (SSSR count). The molecule has 8 nitrogen and oxygen atoms in total. The van der Waals surface area contributed by atoms with E-state index in [0.717, 1.165) is 37.0 Å². The molecule has 37 heavy (non-hydrogen) atoms. The highest BCUT2D eigenvalue weighted by Gasteiger charge is 2.32. The predicted octanol–water partition coefficient (Wildman–Crippen LogP) is 4.13. The molecule has 0 bridgehead atoms. The van der Waals surface area contributed by atoms with E-state index < -0.39 is 6.04 Å². The average Bonchev–Trinajstić information content (AvgIpc) is 3.31. The SMILES string of the molecule is O=C1NCCCC[C@@H]1N(Cc1ccc(OCCCc2cccnc2)cc1)C(=O)c1ccc2c(c1)OCO2. The molecule has 2 aliphatic rings. The van der Waals surface area contributed by atoms with Gasteiger partial charge in [0.15, 0.2) is 11.5 Å². The molecule has 0 saturated carbocycles. The third-order valence-corrected chi connectivity index (χ3v) is 6.64. The number of carbonyl (C=O) groups is 2. The molecule has 2 aliphatic heterocycles. The first-order valence-corrected chi connectivity index (χ1v) is 12.8. The summed E-state index contributed by atoms with van der Waals surface area (Å²) >= 11 is 0. The molecular weight excluding hydrogens is 470 g/mol. The van der Waals surface area contributed by atoms with E-state index in [4.69, 9.17) is 14.2 Å². The van der Waals surface area contributed by atoms with E-state index >= 15 is 0 Å². The number of fused-ring (bicyclic) bond motifs is 1. The smallest absolute Gasteiger partial charge is 0.254 e. The molecule has 1 atom stereocenters. The summed E-state index contributed by atoms with van der Waals surface area (Å²) in [5.74, 6) is 1.61. The number of aromatic nitrogens is 1. The molecule has 1 aromatic heterocycles. The summed E-state index contributed by atoms with van der Waals surface area (Å²) in [4.78, 5) is 32.4. The lowest BCUT2D eigenvalue weighted by Crippen LogP contribution is -2.48. The minimum Gasteiger partial charge on any atom is -0.494 e. The number of ether oxygens (including phenoxy) is 3. The minimum absolute atomic E-state index is 0.111. The number of carbonyl (C=O) groups excluding carboxylic acids is 2. The van der Waals surface area contributed by atoms with Gasteiger partial charge in [0.25, 0.3) is 5.91 Å². The van der Waals surface area contributed by atoms with Crippen LogP contribution >= 0.6 is 0 Å². The van der Waals surface area contributed by atoms with Crippen LogP contribution in [0, 0.1) is 0 Å². The van der Waals surface area contributed by atoms with Crippen LogP contribution in [-0.2, 0) is 17.8 Å².